The van der Waals surface area contributed by atoms with Gasteiger partial charge in [0.2, 0.25) is 0 Å². The molecule has 2 fully saturated rings. The lowest BCUT2D eigenvalue weighted by Gasteiger charge is -2.41. The van der Waals surface area contributed by atoms with Crippen molar-refractivity contribution in [2.45, 2.75) is 57.8 Å². The van der Waals surface area contributed by atoms with Crippen LogP contribution in [0.15, 0.2) is 0 Å². The largest absolute Gasteiger partial charge is 0.368 e. The van der Waals surface area contributed by atoms with E-state index in [1.807, 2.05) is 0 Å². The van der Waals surface area contributed by atoms with E-state index in [2.05, 4.69) is 37.5 Å². The van der Waals surface area contributed by atoms with Crippen molar-refractivity contribution in [3.63, 3.8) is 0 Å². The van der Waals surface area contributed by atoms with E-state index in [1.54, 1.807) is 0 Å². The minimum Gasteiger partial charge on any atom is -0.368 e. The molecule has 0 saturated carbocycles. The first-order valence-corrected chi connectivity index (χ1v) is 7.71. The number of piperazine rings is 1. The van der Waals surface area contributed by atoms with Crippen molar-refractivity contribution in [3.05, 3.63) is 0 Å². The first kappa shape index (κ1) is 15.2. The van der Waals surface area contributed by atoms with E-state index < -0.39 is 0 Å². The molecule has 0 aliphatic carbocycles. The van der Waals surface area contributed by atoms with Crippen LogP contribution in [-0.2, 0) is 4.74 Å². The predicted octanol–water partition coefficient (Wildman–Crippen LogP) is 1.30. The number of nitrogens with zero attached hydrogens (tertiary/aromatic N) is 2. The van der Waals surface area contributed by atoms with E-state index in [-0.39, 0.29) is 11.2 Å². The highest BCUT2D eigenvalue weighted by Crippen LogP contribution is 2.40. The summed E-state index contributed by atoms with van der Waals surface area (Å²) in [5.74, 6) is 0. The summed E-state index contributed by atoms with van der Waals surface area (Å²) in [6.45, 7) is 15.5. The SMILES string of the molecule is CC1(C)CC(N2CCN(CCCN)CC2)C(C)(C)O1. The van der Waals surface area contributed by atoms with Crippen molar-refractivity contribution in [3.8, 4) is 0 Å². The lowest BCUT2D eigenvalue weighted by molar-refractivity contribution is -0.0835. The summed E-state index contributed by atoms with van der Waals surface area (Å²) in [4.78, 5) is 5.17. The first-order valence-electron chi connectivity index (χ1n) is 7.71. The summed E-state index contributed by atoms with van der Waals surface area (Å²) in [6, 6.07) is 0.555. The number of rotatable bonds is 4. The molecule has 0 spiro atoms. The summed E-state index contributed by atoms with van der Waals surface area (Å²) < 4.78 is 6.22. The first-order chi connectivity index (χ1) is 8.84. The number of ether oxygens (including phenoxy) is 1. The van der Waals surface area contributed by atoms with Gasteiger partial charge < -0.3 is 15.4 Å². The second-order valence-corrected chi connectivity index (χ2v) is 7.20. The van der Waals surface area contributed by atoms with Crippen LogP contribution in [0.25, 0.3) is 0 Å². The molecule has 0 aromatic heterocycles. The highest BCUT2D eigenvalue weighted by atomic mass is 16.5. The summed E-state index contributed by atoms with van der Waals surface area (Å²) in [5, 5.41) is 0. The Bertz CT molecular complexity index is 296. The smallest absolute Gasteiger partial charge is 0.0789 e. The van der Waals surface area contributed by atoms with Crippen molar-refractivity contribution in [2.24, 2.45) is 5.73 Å². The topological polar surface area (TPSA) is 41.7 Å². The van der Waals surface area contributed by atoms with Gasteiger partial charge >= 0.3 is 0 Å². The van der Waals surface area contributed by atoms with Gasteiger partial charge in [-0.05, 0) is 53.6 Å². The van der Waals surface area contributed by atoms with Crippen molar-refractivity contribution in [1.29, 1.82) is 0 Å². The van der Waals surface area contributed by atoms with Crippen molar-refractivity contribution >= 4 is 0 Å². The van der Waals surface area contributed by atoms with Gasteiger partial charge in [-0.25, -0.2) is 0 Å². The lowest BCUT2D eigenvalue weighted by Crippen LogP contribution is -2.55. The standard InChI is InChI=1S/C15H31N3O/c1-14(2)12-13(15(3,4)19-14)18-10-8-17(9-11-18)7-5-6-16/h13H,5-12,16H2,1-4H3. The number of hydrogen-bond acceptors (Lipinski definition) is 4. The second kappa shape index (κ2) is 5.68. The van der Waals surface area contributed by atoms with Crippen LogP contribution in [0.1, 0.15) is 40.5 Å². The average molecular weight is 269 g/mol. The molecule has 2 saturated heterocycles. The highest BCUT2D eigenvalue weighted by Gasteiger charge is 2.48. The maximum atomic E-state index is 6.22. The van der Waals surface area contributed by atoms with Gasteiger partial charge in [0.1, 0.15) is 0 Å². The fraction of sp³-hybridized carbons (Fsp3) is 1.00. The average Bonchev–Trinajstić information content (AvgIpc) is 2.55. The molecular weight excluding hydrogens is 238 g/mol. The minimum absolute atomic E-state index is 0.0187. The van der Waals surface area contributed by atoms with E-state index in [0.29, 0.717) is 6.04 Å². The van der Waals surface area contributed by atoms with Gasteiger partial charge in [0, 0.05) is 32.2 Å². The Hall–Kier alpha value is -0.160. The maximum Gasteiger partial charge on any atom is 0.0789 e. The summed E-state index contributed by atoms with van der Waals surface area (Å²) >= 11 is 0. The fourth-order valence-electron chi connectivity index (χ4n) is 3.72. The van der Waals surface area contributed by atoms with Crippen LogP contribution in [0.3, 0.4) is 0 Å². The Morgan fingerprint density at radius 2 is 1.74 bits per heavy atom. The number of hydrogen-bond donors (Lipinski definition) is 1. The van der Waals surface area contributed by atoms with Crippen molar-refractivity contribution in [1.82, 2.24) is 9.80 Å². The Balaban J connectivity index is 1.87. The molecule has 1 unspecified atom stereocenters. The van der Waals surface area contributed by atoms with Crippen LogP contribution >= 0.6 is 0 Å². The number of nitrogens with two attached hydrogens (primary N) is 1. The zero-order valence-electron chi connectivity index (χ0n) is 13.1. The van der Waals surface area contributed by atoms with Crippen LogP contribution in [0.2, 0.25) is 0 Å². The molecule has 4 nitrogen and oxygen atoms in total. The molecule has 0 amide bonds. The highest BCUT2D eigenvalue weighted by molar-refractivity contribution is 5.00. The summed E-state index contributed by atoms with van der Waals surface area (Å²) in [6.07, 6.45) is 2.26. The van der Waals surface area contributed by atoms with E-state index in [1.165, 1.54) is 13.1 Å². The molecule has 0 radical (unpaired) electrons. The molecular formula is C15H31N3O. The maximum absolute atomic E-state index is 6.22. The van der Waals surface area contributed by atoms with Crippen LogP contribution in [0.5, 0.6) is 0 Å². The third-order valence-corrected chi connectivity index (χ3v) is 4.55. The quantitative estimate of drug-likeness (QED) is 0.835. The molecule has 112 valence electrons. The van der Waals surface area contributed by atoms with Gasteiger partial charge in [0.15, 0.2) is 0 Å². The summed E-state index contributed by atoms with van der Waals surface area (Å²) in [5.41, 5.74) is 5.58. The summed E-state index contributed by atoms with van der Waals surface area (Å²) in [7, 11) is 0. The molecule has 2 N–H and O–H groups in total. The molecule has 2 rings (SSSR count). The monoisotopic (exact) mass is 269 g/mol. The Kier molecular flexibility index (Phi) is 4.56. The Morgan fingerprint density at radius 3 is 2.21 bits per heavy atom. The molecule has 0 aromatic carbocycles. The Morgan fingerprint density at radius 1 is 1.11 bits per heavy atom. The molecule has 4 heteroatoms. The molecule has 1 atom stereocenters. The molecule has 2 aliphatic heterocycles. The van der Waals surface area contributed by atoms with Gasteiger partial charge in [-0.3, -0.25) is 4.90 Å². The van der Waals surface area contributed by atoms with E-state index in [4.69, 9.17) is 10.5 Å². The Labute approximate surface area is 118 Å². The zero-order valence-corrected chi connectivity index (χ0v) is 13.1. The third-order valence-electron chi connectivity index (χ3n) is 4.55. The van der Waals surface area contributed by atoms with Gasteiger partial charge in [-0.2, -0.15) is 0 Å². The van der Waals surface area contributed by atoms with Crippen molar-refractivity contribution < 1.29 is 4.74 Å². The second-order valence-electron chi connectivity index (χ2n) is 7.20. The van der Waals surface area contributed by atoms with Gasteiger partial charge in [0.05, 0.1) is 11.2 Å². The third kappa shape index (κ3) is 3.69. The van der Waals surface area contributed by atoms with Crippen molar-refractivity contribution in [2.75, 3.05) is 39.3 Å². The van der Waals surface area contributed by atoms with Crippen LogP contribution < -0.4 is 5.73 Å². The van der Waals surface area contributed by atoms with Crippen LogP contribution in [-0.4, -0.2) is 66.3 Å². The van der Waals surface area contributed by atoms with Crippen LogP contribution in [0.4, 0.5) is 0 Å². The molecule has 2 aliphatic rings. The lowest BCUT2D eigenvalue weighted by atomic mass is 9.92. The molecule has 0 bridgehead atoms. The van der Waals surface area contributed by atoms with E-state index in [0.717, 1.165) is 39.0 Å². The van der Waals surface area contributed by atoms with Gasteiger partial charge in [-0.15, -0.1) is 0 Å². The molecule has 19 heavy (non-hydrogen) atoms. The predicted molar refractivity (Wildman–Crippen MR) is 79.3 cm³/mol. The minimum atomic E-state index is -0.0249. The fourth-order valence-corrected chi connectivity index (χ4v) is 3.72. The molecule has 2 heterocycles. The zero-order chi connectivity index (χ0) is 14.1. The van der Waals surface area contributed by atoms with Gasteiger partial charge in [-0.1, -0.05) is 0 Å². The normalized spacial score (nSPS) is 31.7. The van der Waals surface area contributed by atoms with E-state index >= 15 is 0 Å². The van der Waals surface area contributed by atoms with E-state index in [9.17, 15) is 0 Å². The van der Waals surface area contributed by atoms with Gasteiger partial charge in [0.25, 0.3) is 0 Å². The molecule has 0 aromatic rings. The van der Waals surface area contributed by atoms with Crippen LogP contribution in [0, 0.1) is 0 Å².